The van der Waals surface area contributed by atoms with Crippen LogP contribution in [0.2, 0.25) is 0 Å². The molecule has 1 aromatic carbocycles. The third kappa shape index (κ3) is 2.87. The van der Waals surface area contributed by atoms with E-state index in [2.05, 4.69) is 28.9 Å². The number of rotatable bonds is 3. The minimum Gasteiger partial charge on any atom is -0.369 e. The van der Waals surface area contributed by atoms with E-state index in [1.165, 1.54) is 10.6 Å². The molecule has 1 aromatic rings. The highest BCUT2D eigenvalue weighted by atomic mass is 32.2. The van der Waals surface area contributed by atoms with E-state index in [1.807, 2.05) is 24.3 Å². The van der Waals surface area contributed by atoms with Crippen LogP contribution in [0.25, 0.3) is 0 Å². The molecule has 18 heavy (non-hydrogen) atoms. The lowest BCUT2D eigenvalue weighted by atomic mass is 10.2. The van der Waals surface area contributed by atoms with Crippen LogP contribution >= 0.6 is 11.9 Å². The molecule has 3 nitrogen and oxygen atoms in total. The van der Waals surface area contributed by atoms with Gasteiger partial charge < -0.3 is 4.90 Å². The third-order valence-electron chi connectivity index (χ3n) is 2.97. The molecule has 0 saturated heterocycles. The molecule has 0 spiro atoms. The largest absolute Gasteiger partial charge is 0.369 e. The van der Waals surface area contributed by atoms with Crippen molar-refractivity contribution in [3.63, 3.8) is 0 Å². The Bertz CT molecular complexity index is 478. The summed E-state index contributed by atoms with van der Waals surface area (Å²) < 4.78 is 2.23. The Labute approximate surface area is 113 Å². The van der Waals surface area contributed by atoms with E-state index >= 15 is 0 Å². The van der Waals surface area contributed by atoms with Gasteiger partial charge in [0.1, 0.15) is 0 Å². The molecule has 0 fully saturated rings. The zero-order valence-corrected chi connectivity index (χ0v) is 11.4. The van der Waals surface area contributed by atoms with Crippen molar-refractivity contribution in [3.05, 3.63) is 36.4 Å². The van der Waals surface area contributed by atoms with E-state index in [1.54, 1.807) is 11.9 Å². The SMILES string of the molecule is C=CCCN1CCN(C)Sc2ccc(C#N)cc21. The Morgan fingerprint density at radius 2 is 2.33 bits per heavy atom. The molecule has 0 amide bonds. The summed E-state index contributed by atoms with van der Waals surface area (Å²) in [6.45, 7) is 6.73. The maximum atomic E-state index is 9.02. The summed E-state index contributed by atoms with van der Waals surface area (Å²) >= 11 is 1.75. The highest BCUT2D eigenvalue weighted by Crippen LogP contribution is 2.35. The average Bonchev–Trinajstić information content (AvgIpc) is 2.54. The van der Waals surface area contributed by atoms with E-state index in [-0.39, 0.29) is 0 Å². The molecule has 1 aliphatic rings. The molecule has 0 atom stereocenters. The minimum absolute atomic E-state index is 0.725. The second-order valence-corrected chi connectivity index (χ2v) is 5.55. The molecule has 0 bridgehead atoms. The van der Waals surface area contributed by atoms with E-state index in [4.69, 9.17) is 5.26 Å². The lowest BCUT2D eigenvalue weighted by Gasteiger charge is -2.23. The Kier molecular flexibility index (Phi) is 4.29. The van der Waals surface area contributed by atoms with Crippen molar-refractivity contribution < 1.29 is 0 Å². The van der Waals surface area contributed by atoms with Crippen LogP contribution in [0.4, 0.5) is 5.69 Å². The normalized spacial score (nSPS) is 15.7. The third-order valence-corrected chi connectivity index (χ3v) is 4.01. The molecule has 0 aliphatic carbocycles. The van der Waals surface area contributed by atoms with Gasteiger partial charge in [-0.3, -0.25) is 0 Å². The zero-order valence-electron chi connectivity index (χ0n) is 10.6. The number of nitrogens with zero attached hydrogens (tertiary/aromatic N) is 3. The second kappa shape index (κ2) is 5.94. The van der Waals surface area contributed by atoms with E-state index in [0.717, 1.165) is 31.6 Å². The van der Waals surface area contributed by atoms with E-state index < -0.39 is 0 Å². The molecule has 1 heterocycles. The predicted octanol–water partition coefficient (Wildman–Crippen LogP) is 2.89. The first kappa shape index (κ1) is 13.0. The van der Waals surface area contributed by atoms with Gasteiger partial charge in [0.2, 0.25) is 0 Å². The molecule has 2 rings (SSSR count). The summed E-state index contributed by atoms with van der Waals surface area (Å²) in [6.07, 6.45) is 2.90. The Morgan fingerprint density at radius 1 is 1.50 bits per heavy atom. The smallest absolute Gasteiger partial charge is 0.0992 e. The molecule has 0 aromatic heterocycles. The van der Waals surface area contributed by atoms with Crippen molar-refractivity contribution in [3.8, 4) is 6.07 Å². The van der Waals surface area contributed by atoms with Crippen LogP contribution in [0.1, 0.15) is 12.0 Å². The molecule has 0 saturated carbocycles. The van der Waals surface area contributed by atoms with Gasteiger partial charge >= 0.3 is 0 Å². The molecule has 0 N–H and O–H groups in total. The fourth-order valence-electron chi connectivity index (χ4n) is 1.99. The molecule has 0 unspecified atom stereocenters. The van der Waals surface area contributed by atoms with Crippen LogP contribution in [0, 0.1) is 11.3 Å². The van der Waals surface area contributed by atoms with Crippen molar-refractivity contribution in [2.24, 2.45) is 0 Å². The summed E-state index contributed by atoms with van der Waals surface area (Å²) in [7, 11) is 2.10. The monoisotopic (exact) mass is 259 g/mol. The van der Waals surface area contributed by atoms with E-state index in [0.29, 0.717) is 0 Å². The second-order valence-electron chi connectivity index (χ2n) is 4.30. The molecule has 4 heteroatoms. The number of likely N-dealkylation sites (N-methyl/N-ethyl adjacent to an activating group) is 1. The summed E-state index contributed by atoms with van der Waals surface area (Å²) in [5, 5.41) is 9.02. The highest BCUT2D eigenvalue weighted by molar-refractivity contribution is 7.97. The number of fused-ring (bicyclic) bond motifs is 1. The van der Waals surface area contributed by atoms with Gasteiger partial charge in [0.15, 0.2) is 0 Å². The molecular weight excluding hydrogens is 242 g/mol. The maximum Gasteiger partial charge on any atom is 0.0992 e. The van der Waals surface area contributed by atoms with Gasteiger partial charge in [0.25, 0.3) is 0 Å². The zero-order chi connectivity index (χ0) is 13.0. The van der Waals surface area contributed by atoms with Crippen LogP contribution in [0.3, 0.4) is 0 Å². The fourth-order valence-corrected chi connectivity index (χ4v) is 2.91. The van der Waals surface area contributed by atoms with Gasteiger partial charge in [-0.15, -0.1) is 6.58 Å². The molecule has 0 radical (unpaired) electrons. The summed E-state index contributed by atoms with van der Waals surface area (Å²) in [4.78, 5) is 3.56. The standard InChI is InChI=1S/C14H17N3S/c1-3-4-7-17-9-8-16(2)18-14-6-5-12(11-15)10-13(14)17/h3,5-6,10H,1,4,7-9H2,2H3. The van der Waals surface area contributed by atoms with Crippen LogP contribution in [0.15, 0.2) is 35.7 Å². The number of hydrogen-bond donors (Lipinski definition) is 0. The number of benzene rings is 1. The molecular formula is C14H17N3S. The summed E-state index contributed by atoms with van der Waals surface area (Å²) in [6, 6.07) is 8.13. The van der Waals surface area contributed by atoms with Crippen molar-refractivity contribution >= 4 is 17.6 Å². The van der Waals surface area contributed by atoms with Gasteiger partial charge in [0, 0.05) is 24.5 Å². The molecule has 1 aliphatic heterocycles. The topological polar surface area (TPSA) is 30.3 Å². The van der Waals surface area contributed by atoms with Crippen LogP contribution < -0.4 is 4.90 Å². The number of nitriles is 1. The summed E-state index contributed by atoms with van der Waals surface area (Å²) in [5.74, 6) is 0. The highest BCUT2D eigenvalue weighted by Gasteiger charge is 2.18. The van der Waals surface area contributed by atoms with Gasteiger partial charge in [-0.1, -0.05) is 6.08 Å². The van der Waals surface area contributed by atoms with Gasteiger partial charge in [-0.25, -0.2) is 4.31 Å². The average molecular weight is 259 g/mol. The van der Waals surface area contributed by atoms with Gasteiger partial charge in [0.05, 0.1) is 17.3 Å². The maximum absolute atomic E-state index is 9.02. The molecule has 94 valence electrons. The first-order chi connectivity index (χ1) is 8.74. The van der Waals surface area contributed by atoms with Crippen LogP contribution in [-0.4, -0.2) is 31.0 Å². The van der Waals surface area contributed by atoms with Crippen molar-refractivity contribution in [1.29, 1.82) is 5.26 Å². The van der Waals surface area contributed by atoms with E-state index in [9.17, 15) is 0 Å². The number of anilines is 1. The lowest BCUT2D eigenvalue weighted by molar-refractivity contribution is 0.565. The van der Waals surface area contributed by atoms with Gasteiger partial charge in [-0.05, 0) is 43.6 Å². The van der Waals surface area contributed by atoms with Crippen LogP contribution in [-0.2, 0) is 0 Å². The Morgan fingerprint density at radius 3 is 3.06 bits per heavy atom. The van der Waals surface area contributed by atoms with Crippen molar-refractivity contribution in [1.82, 2.24) is 4.31 Å². The van der Waals surface area contributed by atoms with Crippen molar-refractivity contribution in [2.45, 2.75) is 11.3 Å². The fraction of sp³-hybridized carbons (Fsp3) is 0.357. The Hall–Kier alpha value is -1.44. The first-order valence-electron chi connectivity index (χ1n) is 6.03. The van der Waals surface area contributed by atoms with Gasteiger partial charge in [-0.2, -0.15) is 5.26 Å². The number of hydrogen-bond acceptors (Lipinski definition) is 4. The van der Waals surface area contributed by atoms with Crippen LogP contribution in [0.5, 0.6) is 0 Å². The minimum atomic E-state index is 0.725. The quantitative estimate of drug-likeness (QED) is 0.617. The first-order valence-corrected chi connectivity index (χ1v) is 6.81. The predicted molar refractivity (Wildman–Crippen MR) is 76.7 cm³/mol. The lowest BCUT2D eigenvalue weighted by Crippen LogP contribution is -2.29. The van der Waals surface area contributed by atoms with Crippen molar-refractivity contribution in [2.75, 3.05) is 31.6 Å². The summed E-state index contributed by atoms with van der Waals surface area (Å²) in [5.41, 5.74) is 1.90. The Balaban J connectivity index is 2.34.